The number of thiophene rings is 1. The summed E-state index contributed by atoms with van der Waals surface area (Å²) in [6.45, 7) is 5.74. The van der Waals surface area contributed by atoms with Crippen LogP contribution in [-0.4, -0.2) is 58.9 Å². The van der Waals surface area contributed by atoms with E-state index in [1.807, 2.05) is 6.07 Å². The Morgan fingerprint density at radius 3 is 2.88 bits per heavy atom. The molecule has 25 heavy (non-hydrogen) atoms. The predicted octanol–water partition coefficient (Wildman–Crippen LogP) is 1.16. The monoisotopic (exact) mass is 364 g/mol. The molecule has 3 heterocycles. The fourth-order valence-electron chi connectivity index (χ4n) is 3.32. The molecule has 0 spiro atoms. The number of hydrogen-bond donors (Lipinski definition) is 2. The van der Waals surface area contributed by atoms with Gasteiger partial charge in [-0.3, -0.25) is 19.4 Å². The van der Waals surface area contributed by atoms with E-state index in [0.29, 0.717) is 0 Å². The van der Waals surface area contributed by atoms with E-state index in [1.54, 1.807) is 25.2 Å². The van der Waals surface area contributed by atoms with Gasteiger partial charge in [0.05, 0.1) is 0 Å². The van der Waals surface area contributed by atoms with Crippen LogP contribution < -0.4 is 10.6 Å². The van der Waals surface area contributed by atoms with Gasteiger partial charge in [-0.25, -0.2) is 4.79 Å². The fraction of sp³-hybridized carbons (Fsp3) is 0.588. The van der Waals surface area contributed by atoms with Crippen molar-refractivity contribution in [1.29, 1.82) is 0 Å². The summed E-state index contributed by atoms with van der Waals surface area (Å²) in [5.41, 5.74) is -0.945. The summed E-state index contributed by atoms with van der Waals surface area (Å²) in [6, 6.07) is 3.71. The molecular weight excluding hydrogens is 340 g/mol. The molecule has 7 nitrogen and oxygen atoms in total. The molecule has 1 atom stereocenters. The quantitative estimate of drug-likeness (QED) is 0.768. The molecule has 0 radical (unpaired) electrons. The number of piperidine rings is 1. The van der Waals surface area contributed by atoms with E-state index in [4.69, 9.17) is 0 Å². The highest BCUT2D eigenvalue weighted by Gasteiger charge is 2.45. The van der Waals surface area contributed by atoms with Crippen LogP contribution in [0.15, 0.2) is 17.5 Å². The number of imide groups is 1. The van der Waals surface area contributed by atoms with E-state index in [-0.39, 0.29) is 24.4 Å². The minimum atomic E-state index is -0.945. The number of urea groups is 1. The average Bonchev–Trinajstić information content (AvgIpc) is 3.10. The fourth-order valence-corrected chi connectivity index (χ4v) is 4.06. The van der Waals surface area contributed by atoms with Gasteiger partial charge in [-0.2, -0.15) is 0 Å². The van der Waals surface area contributed by atoms with Gasteiger partial charge in [0.1, 0.15) is 12.1 Å². The van der Waals surface area contributed by atoms with E-state index in [2.05, 4.69) is 27.0 Å². The minimum Gasteiger partial charge on any atom is -0.351 e. The van der Waals surface area contributed by atoms with Gasteiger partial charge in [0.15, 0.2) is 0 Å². The third-order valence-electron chi connectivity index (χ3n) is 4.58. The number of likely N-dealkylation sites (tertiary alicyclic amines) is 1. The summed E-state index contributed by atoms with van der Waals surface area (Å²) in [7, 11) is 0. The van der Waals surface area contributed by atoms with Crippen LogP contribution in [0.2, 0.25) is 0 Å². The Morgan fingerprint density at radius 2 is 2.24 bits per heavy atom. The van der Waals surface area contributed by atoms with Crippen LogP contribution in [0.1, 0.15) is 31.6 Å². The molecule has 8 heteroatoms. The van der Waals surface area contributed by atoms with Crippen molar-refractivity contribution in [2.75, 3.05) is 19.6 Å². The second kappa shape index (κ2) is 7.13. The molecule has 3 rings (SSSR count). The molecule has 2 fully saturated rings. The SMILES string of the molecule is CC1(C)NC(=O)N(CC(=O)N[C@@H]2CCCN(Cc3cccs3)C2)C1=O. The van der Waals surface area contributed by atoms with Crippen LogP contribution in [-0.2, 0) is 16.1 Å². The zero-order valence-corrected chi connectivity index (χ0v) is 15.4. The zero-order valence-electron chi connectivity index (χ0n) is 14.6. The Labute approximate surface area is 151 Å². The third kappa shape index (κ3) is 4.19. The van der Waals surface area contributed by atoms with E-state index in [9.17, 15) is 14.4 Å². The van der Waals surface area contributed by atoms with E-state index >= 15 is 0 Å². The Balaban J connectivity index is 1.51. The van der Waals surface area contributed by atoms with E-state index in [1.165, 1.54) is 4.88 Å². The minimum absolute atomic E-state index is 0.0509. The van der Waals surface area contributed by atoms with Crippen LogP contribution in [0.25, 0.3) is 0 Å². The van der Waals surface area contributed by atoms with Crippen molar-refractivity contribution in [1.82, 2.24) is 20.4 Å². The van der Waals surface area contributed by atoms with Crippen molar-refractivity contribution in [3.63, 3.8) is 0 Å². The topological polar surface area (TPSA) is 81.8 Å². The maximum Gasteiger partial charge on any atom is 0.325 e. The maximum atomic E-state index is 12.3. The van der Waals surface area contributed by atoms with Gasteiger partial charge in [-0.1, -0.05) is 6.07 Å². The van der Waals surface area contributed by atoms with Crippen LogP contribution in [0.5, 0.6) is 0 Å². The molecular formula is C17H24N4O3S. The summed E-state index contributed by atoms with van der Waals surface area (Å²) in [5, 5.41) is 7.62. The van der Waals surface area contributed by atoms with Crippen molar-refractivity contribution >= 4 is 29.2 Å². The van der Waals surface area contributed by atoms with Crippen LogP contribution in [0, 0.1) is 0 Å². The molecule has 4 amide bonds. The lowest BCUT2D eigenvalue weighted by molar-refractivity contribution is -0.134. The van der Waals surface area contributed by atoms with Crippen LogP contribution >= 0.6 is 11.3 Å². The first-order valence-electron chi connectivity index (χ1n) is 8.53. The largest absolute Gasteiger partial charge is 0.351 e. The molecule has 136 valence electrons. The van der Waals surface area contributed by atoms with Gasteiger partial charge in [0.25, 0.3) is 5.91 Å². The summed E-state index contributed by atoms with van der Waals surface area (Å²) >= 11 is 1.74. The first-order valence-corrected chi connectivity index (χ1v) is 9.41. The van der Waals surface area contributed by atoms with E-state index in [0.717, 1.165) is 37.4 Å². The second-order valence-corrected chi connectivity index (χ2v) is 8.20. The molecule has 1 aromatic heterocycles. The molecule has 2 aliphatic rings. The molecule has 0 aliphatic carbocycles. The summed E-state index contributed by atoms with van der Waals surface area (Å²) < 4.78 is 0. The number of rotatable bonds is 5. The highest BCUT2D eigenvalue weighted by molar-refractivity contribution is 7.09. The van der Waals surface area contributed by atoms with Crippen molar-refractivity contribution in [3.05, 3.63) is 22.4 Å². The first-order chi connectivity index (χ1) is 11.8. The Bertz CT molecular complexity index is 659. The van der Waals surface area contributed by atoms with Gasteiger partial charge in [0.2, 0.25) is 5.91 Å². The number of carbonyl (C=O) groups excluding carboxylic acids is 3. The first kappa shape index (κ1) is 17.9. The molecule has 2 saturated heterocycles. The number of carbonyl (C=O) groups is 3. The van der Waals surface area contributed by atoms with Gasteiger partial charge >= 0.3 is 6.03 Å². The smallest absolute Gasteiger partial charge is 0.325 e. The van der Waals surface area contributed by atoms with Crippen molar-refractivity contribution in [2.45, 2.75) is 44.8 Å². The highest BCUT2D eigenvalue weighted by atomic mass is 32.1. The lowest BCUT2D eigenvalue weighted by Gasteiger charge is -2.33. The summed E-state index contributed by atoms with van der Waals surface area (Å²) in [5.74, 6) is -0.653. The average molecular weight is 364 g/mol. The lowest BCUT2D eigenvalue weighted by atomic mass is 10.1. The number of hydrogen-bond acceptors (Lipinski definition) is 5. The number of nitrogens with one attached hydrogen (secondary N) is 2. The van der Waals surface area contributed by atoms with Crippen molar-refractivity contribution < 1.29 is 14.4 Å². The van der Waals surface area contributed by atoms with Crippen LogP contribution in [0.4, 0.5) is 4.79 Å². The summed E-state index contributed by atoms with van der Waals surface area (Å²) in [4.78, 5) is 40.9. The number of amides is 4. The van der Waals surface area contributed by atoms with Crippen molar-refractivity contribution in [2.24, 2.45) is 0 Å². The maximum absolute atomic E-state index is 12.3. The molecule has 0 unspecified atom stereocenters. The third-order valence-corrected chi connectivity index (χ3v) is 5.44. The molecule has 2 N–H and O–H groups in total. The van der Waals surface area contributed by atoms with Gasteiger partial charge in [0, 0.05) is 24.0 Å². The highest BCUT2D eigenvalue weighted by Crippen LogP contribution is 2.18. The standard InChI is InChI=1S/C17H24N4O3S/c1-17(2)15(23)21(16(24)19-17)11-14(22)18-12-5-3-7-20(9-12)10-13-6-4-8-25-13/h4,6,8,12H,3,5,7,9-11H2,1-2H3,(H,18,22)(H,19,24)/t12-/m1/s1. The molecule has 0 saturated carbocycles. The van der Waals surface area contributed by atoms with Crippen LogP contribution in [0.3, 0.4) is 0 Å². The normalized spacial score (nSPS) is 23.6. The molecule has 0 aromatic carbocycles. The molecule has 0 bridgehead atoms. The Kier molecular flexibility index (Phi) is 5.10. The van der Waals surface area contributed by atoms with Gasteiger partial charge in [-0.15, -0.1) is 11.3 Å². The zero-order chi connectivity index (χ0) is 18.0. The van der Waals surface area contributed by atoms with Gasteiger partial charge in [-0.05, 0) is 44.7 Å². The summed E-state index contributed by atoms with van der Waals surface area (Å²) in [6.07, 6.45) is 1.94. The Hall–Kier alpha value is -1.93. The number of nitrogens with zero attached hydrogens (tertiary/aromatic N) is 2. The van der Waals surface area contributed by atoms with Gasteiger partial charge < -0.3 is 10.6 Å². The lowest BCUT2D eigenvalue weighted by Crippen LogP contribution is -2.50. The van der Waals surface area contributed by atoms with E-state index < -0.39 is 11.6 Å². The predicted molar refractivity (Wildman–Crippen MR) is 95.1 cm³/mol. The Morgan fingerprint density at radius 1 is 1.44 bits per heavy atom. The van der Waals surface area contributed by atoms with Crippen molar-refractivity contribution in [3.8, 4) is 0 Å². The molecule has 2 aliphatic heterocycles. The second-order valence-electron chi connectivity index (χ2n) is 7.17. The molecule has 1 aromatic rings.